The van der Waals surface area contributed by atoms with Crippen molar-refractivity contribution in [1.82, 2.24) is 30.4 Å². The van der Waals surface area contributed by atoms with Crippen LogP contribution >= 0.6 is 24.8 Å². The zero-order valence-corrected chi connectivity index (χ0v) is 20.1. The van der Waals surface area contributed by atoms with Gasteiger partial charge in [0.05, 0.1) is 28.0 Å². The van der Waals surface area contributed by atoms with Crippen molar-refractivity contribution in [2.75, 3.05) is 5.32 Å². The number of H-pyrrole nitrogens is 1. The van der Waals surface area contributed by atoms with E-state index in [0.717, 1.165) is 33.7 Å². The molecule has 10 heteroatoms. The van der Waals surface area contributed by atoms with E-state index in [0.29, 0.717) is 18.3 Å². The highest BCUT2D eigenvalue weighted by Crippen LogP contribution is 2.44. The lowest BCUT2D eigenvalue weighted by Crippen LogP contribution is -2.47. The van der Waals surface area contributed by atoms with Gasteiger partial charge in [0.1, 0.15) is 6.33 Å². The minimum absolute atomic E-state index is 0. The van der Waals surface area contributed by atoms with Gasteiger partial charge in [-0.05, 0) is 37.3 Å². The maximum absolute atomic E-state index is 13.2. The third kappa shape index (κ3) is 3.90. The second kappa shape index (κ2) is 8.92. The number of hydrogen-bond acceptors (Lipinski definition) is 6. The van der Waals surface area contributed by atoms with Crippen LogP contribution < -0.4 is 10.6 Å². The molecule has 0 radical (unpaired) electrons. The number of fused-ring (bicyclic) bond motifs is 2. The molecule has 0 bridgehead atoms. The number of urea groups is 1. The van der Waals surface area contributed by atoms with E-state index in [1.54, 1.807) is 17.7 Å². The monoisotopic (exact) mass is 495 g/mol. The molecule has 2 atom stereocenters. The van der Waals surface area contributed by atoms with Crippen LogP contribution in [0, 0.1) is 0 Å². The normalized spacial score (nSPS) is 19.6. The summed E-state index contributed by atoms with van der Waals surface area (Å²) in [4.78, 5) is 23.8. The fraction of sp³-hybridized carbons (Fsp3) is 0.333. The van der Waals surface area contributed by atoms with Crippen LogP contribution in [0.25, 0.3) is 10.2 Å². The number of rotatable bonds is 4. The standard InChI is InChI=1S/C23H23N7OS.CH4.H2S/c1-23(2)19-15(20(29-28-19)27-21-18-16(8-9-32-18)24-12-25-21)11-30(23)22(31)26-17-10-14(17)13-6-4-3-5-7-13;;/h3-9,12,14,17H,10-11H2,1-2H3,(H,26,31)(H2,24,25,27,28,29);1H4;1H2/t14-,17+;;/m0../s1. The SMILES string of the molecule is C.CC1(C)c2[nH]nc(Nc3ncnc4ccsc34)c2CN1C(=O)N[C@@H]1C[C@H]1c1ccccc1.S. The molecule has 3 N–H and O–H groups in total. The van der Waals surface area contributed by atoms with Crippen molar-refractivity contribution in [2.45, 2.75) is 51.7 Å². The second-order valence-corrected chi connectivity index (χ2v) is 9.78. The van der Waals surface area contributed by atoms with E-state index < -0.39 is 5.54 Å². The molecule has 6 rings (SSSR count). The average molecular weight is 496 g/mol. The molecule has 0 spiro atoms. The minimum atomic E-state index is -0.493. The van der Waals surface area contributed by atoms with Crippen LogP contribution in [0.15, 0.2) is 48.1 Å². The van der Waals surface area contributed by atoms with Crippen molar-refractivity contribution in [3.63, 3.8) is 0 Å². The van der Waals surface area contributed by atoms with Gasteiger partial charge in [-0.15, -0.1) is 11.3 Å². The van der Waals surface area contributed by atoms with Crippen molar-refractivity contribution >= 4 is 52.7 Å². The molecule has 1 saturated carbocycles. The number of carbonyl (C=O) groups is 1. The van der Waals surface area contributed by atoms with Crippen molar-refractivity contribution in [3.05, 3.63) is 64.9 Å². The Morgan fingerprint density at radius 1 is 1.18 bits per heavy atom. The first-order chi connectivity index (χ1) is 15.5. The van der Waals surface area contributed by atoms with Gasteiger partial charge in [0.2, 0.25) is 0 Å². The van der Waals surface area contributed by atoms with Crippen LogP contribution in [-0.2, 0) is 12.1 Å². The number of benzene rings is 1. The maximum atomic E-state index is 13.2. The highest BCUT2D eigenvalue weighted by atomic mass is 32.1. The summed E-state index contributed by atoms with van der Waals surface area (Å²) in [7, 11) is 0. The van der Waals surface area contributed by atoms with E-state index in [1.165, 1.54) is 5.56 Å². The van der Waals surface area contributed by atoms with E-state index in [1.807, 2.05) is 48.4 Å². The highest BCUT2D eigenvalue weighted by Gasteiger charge is 2.46. The Morgan fingerprint density at radius 3 is 2.76 bits per heavy atom. The Labute approximate surface area is 209 Å². The van der Waals surface area contributed by atoms with E-state index in [2.05, 4.69) is 42.9 Å². The molecule has 0 saturated heterocycles. The van der Waals surface area contributed by atoms with Crippen LogP contribution in [0.3, 0.4) is 0 Å². The summed E-state index contributed by atoms with van der Waals surface area (Å²) in [6, 6.07) is 12.5. The Hall–Kier alpha value is -3.11. The molecule has 34 heavy (non-hydrogen) atoms. The van der Waals surface area contributed by atoms with Crippen LogP contribution in [0.4, 0.5) is 16.4 Å². The Morgan fingerprint density at radius 2 is 1.97 bits per heavy atom. The van der Waals surface area contributed by atoms with Crippen molar-refractivity contribution in [2.24, 2.45) is 0 Å². The molecule has 2 aliphatic rings. The number of nitrogens with one attached hydrogen (secondary N) is 3. The van der Waals surface area contributed by atoms with Gasteiger partial charge in [0, 0.05) is 17.5 Å². The first kappa shape index (κ1) is 24.0. The van der Waals surface area contributed by atoms with Crippen molar-refractivity contribution in [1.29, 1.82) is 0 Å². The van der Waals surface area contributed by atoms with Crippen molar-refractivity contribution in [3.8, 4) is 0 Å². The molecule has 3 aromatic heterocycles. The number of carbonyl (C=O) groups excluding carboxylic acids is 1. The van der Waals surface area contributed by atoms with Gasteiger partial charge < -0.3 is 15.5 Å². The third-order valence-electron chi connectivity index (χ3n) is 6.52. The topological polar surface area (TPSA) is 98.8 Å². The first-order valence-electron chi connectivity index (χ1n) is 10.7. The molecule has 1 aliphatic heterocycles. The summed E-state index contributed by atoms with van der Waals surface area (Å²) >= 11 is 1.59. The van der Waals surface area contributed by atoms with E-state index >= 15 is 0 Å². The van der Waals surface area contributed by atoms with Gasteiger partial charge in [-0.1, -0.05) is 37.8 Å². The summed E-state index contributed by atoms with van der Waals surface area (Å²) in [6.45, 7) is 4.57. The number of nitrogens with zero attached hydrogens (tertiary/aromatic N) is 4. The molecular weight excluding hydrogens is 466 g/mol. The molecule has 1 aliphatic carbocycles. The number of hydrogen-bond donors (Lipinski definition) is 3. The number of aromatic amines is 1. The van der Waals surface area contributed by atoms with E-state index in [4.69, 9.17) is 0 Å². The van der Waals surface area contributed by atoms with E-state index in [-0.39, 0.29) is 33.0 Å². The third-order valence-corrected chi connectivity index (χ3v) is 7.43. The Bertz CT molecular complexity index is 1320. The number of anilines is 2. The molecule has 0 unspecified atom stereocenters. The van der Waals surface area contributed by atoms with Crippen LogP contribution in [0.2, 0.25) is 0 Å². The summed E-state index contributed by atoms with van der Waals surface area (Å²) in [6.07, 6.45) is 2.53. The number of aromatic nitrogens is 4. The van der Waals surface area contributed by atoms with Gasteiger partial charge >= 0.3 is 6.03 Å². The maximum Gasteiger partial charge on any atom is 0.318 e. The van der Waals surface area contributed by atoms with Gasteiger partial charge in [-0.3, -0.25) is 5.10 Å². The van der Waals surface area contributed by atoms with Crippen LogP contribution in [0.1, 0.15) is 50.4 Å². The summed E-state index contributed by atoms with van der Waals surface area (Å²) in [5.41, 5.74) is 3.63. The molecule has 1 aromatic carbocycles. The fourth-order valence-electron chi connectivity index (χ4n) is 4.59. The summed E-state index contributed by atoms with van der Waals surface area (Å²) in [5, 5.41) is 16.2. The summed E-state index contributed by atoms with van der Waals surface area (Å²) in [5.74, 6) is 1.82. The molecule has 4 aromatic rings. The lowest BCUT2D eigenvalue weighted by atomic mass is 10.0. The van der Waals surface area contributed by atoms with Crippen LogP contribution in [0.5, 0.6) is 0 Å². The minimum Gasteiger partial charge on any atom is -0.335 e. The quantitative estimate of drug-likeness (QED) is 0.360. The predicted octanol–water partition coefficient (Wildman–Crippen LogP) is 5.22. The van der Waals surface area contributed by atoms with Crippen molar-refractivity contribution < 1.29 is 4.79 Å². The average Bonchev–Trinajstić information content (AvgIpc) is 3.11. The van der Waals surface area contributed by atoms with Gasteiger partial charge in [-0.2, -0.15) is 18.6 Å². The molecule has 2 amide bonds. The lowest BCUT2D eigenvalue weighted by molar-refractivity contribution is 0.142. The largest absolute Gasteiger partial charge is 0.335 e. The number of amides is 2. The first-order valence-corrected chi connectivity index (χ1v) is 11.6. The summed E-state index contributed by atoms with van der Waals surface area (Å²) < 4.78 is 0.983. The molecule has 8 nitrogen and oxygen atoms in total. The van der Waals surface area contributed by atoms with Gasteiger partial charge in [0.25, 0.3) is 0 Å². The zero-order chi connectivity index (χ0) is 21.9. The molecule has 1 fully saturated rings. The Balaban J connectivity index is 0.00000137. The molecule has 4 heterocycles. The smallest absolute Gasteiger partial charge is 0.318 e. The Kier molecular flexibility index (Phi) is 6.30. The fourth-order valence-corrected chi connectivity index (χ4v) is 5.38. The molecule has 178 valence electrons. The number of thiophene rings is 1. The van der Waals surface area contributed by atoms with Gasteiger partial charge in [-0.25, -0.2) is 14.8 Å². The second-order valence-electron chi connectivity index (χ2n) is 8.86. The predicted molar refractivity (Wildman–Crippen MR) is 141 cm³/mol. The molecular formula is C24H29N7OS2. The van der Waals surface area contributed by atoms with Crippen LogP contribution in [-0.4, -0.2) is 37.1 Å². The highest BCUT2D eigenvalue weighted by molar-refractivity contribution is 7.59. The van der Waals surface area contributed by atoms with E-state index in [9.17, 15) is 4.79 Å². The zero-order valence-electron chi connectivity index (χ0n) is 18.3. The van der Waals surface area contributed by atoms with Gasteiger partial charge in [0.15, 0.2) is 11.6 Å². The lowest BCUT2D eigenvalue weighted by Gasteiger charge is -2.32.